The molecule has 1 saturated heterocycles. The van der Waals surface area contributed by atoms with Crippen LogP contribution >= 0.6 is 0 Å². The number of hydrogen-bond acceptors (Lipinski definition) is 4. The number of hydrogen-bond donors (Lipinski definition) is 1. The monoisotopic (exact) mass is 406 g/mol. The largest absolute Gasteiger partial charge is 0.482 e. The smallest absolute Gasteiger partial charge is 0.410 e. The Labute approximate surface area is 178 Å². The molecule has 0 aromatic heterocycles. The molecule has 2 aromatic rings. The maximum atomic E-state index is 12.3. The molecule has 30 heavy (non-hydrogen) atoms. The first-order valence-electron chi connectivity index (χ1n) is 10.6. The molecule has 0 atom stereocenters. The molecule has 5 nitrogen and oxygen atoms in total. The van der Waals surface area contributed by atoms with Crippen LogP contribution in [-0.4, -0.2) is 35.3 Å². The van der Waals surface area contributed by atoms with Gasteiger partial charge in [-0.1, -0.05) is 36.4 Å². The zero-order chi connectivity index (χ0) is 21.2. The first kappa shape index (κ1) is 20.3. The van der Waals surface area contributed by atoms with Gasteiger partial charge in [-0.3, -0.25) is 0 Å². The topological polar surface area (TPSA) is 50.8 Å². The normalized spacial score (nSPS) is 17.2. The highest BCUT2D eigenvalue weighted by molar-refractivity contribution is 5.69. The average molecular weight is 407 g/mol. The van der Waals surface area contributed by atoms with Gasteiger partial charge in [0.2, 0.25) is 0 Å². The Bertz CT molecular complexity index is 923. The van der Waals surface area contributed by atoms with Crippen molar-refractivity contribution >= 4 is 17.9 Å². The lowest BCUT2D eigenvalue weighted by Crippen LogP contribution is -2.50. The van der Waals surface area contributed by atoms with E-state index in [1.165, 1.54) is 5.56 Å². The zero-order valence-corrected chi connectivity index (χ0v) is 18.0. The number of likely N-dealkylation sites (tertiary alicyclic amines) is 1. The number of rotatable bonds is 3. The number of nitrogens with zero attached hydrogens (tertiary/aromatic N) is 1. The van der Waals surface area contributed by atoms with Gasteiger partial charge in [-0.15, -0.1) is 0 Å². The van der Waals surface area contributed by atoms with E-state index in [1.807, 2.05) is 45.0 Å². The number of benzene rings is 2. The molecular formula is C25H30N2O3. The molecule has 0 saturated carbocycles. The molecular weight excluding hydrogens is 376 g/mol. The Morgan fingerprint density at radius 1 is 1.13 bits per heavy atom. The van der Waals surface area contributed by atoms with Crippen LogP contribution < -0.4 is 10.1 Å². The van der Waals surface area contributed by atoms with Gasteiger partial charge < -0.3 is 19.7 Å². The first-order valence-corrected chi connectivity index (χ1v) is 10.6. The lowest BCUT2D eigenvalue weighted by atomic mass is 9.88. The highest BCUT2D eigenvalue weighted by atomic mass is 16.6. The van der Waals surface area contributed by atoms with Crippen molar-refractivity contribution in [3.8, 4) is 5.75 Å². The van der Waals surface area contributed by atoms with Gasteiger partial charge >= 0.3 is 6.09 Å². The summed E-state index contributed by atoms with van der Waals surface area (Å²) in [4.78, 5) is 14.1. The van der Waals surface area contributed by atoms with Gasteiger partial charge in [-0.05, 0) is 50.6 Å². The highest BCUT2D eigenvalue weighted by Crippen LogP contribution is 2.38. The number of piperidine rings is 1. The summed E-state index contributed by atoms with van der Waals surface area (Å²) in [5, 5.41) is 3.47. The zero-order valence-electron chi connectivity index (χ0n) is 18.0. The Kier molecular flexibility index (Phi) is 5.46. The van der Waals surface area contributed by atoms with Gasteiger partial charge in [-0.25, -0.2) is 4.79 Å². The van der Waals surface area contributed by atoms with E-state index in [0.717, 1.165) is 36.4 Å². The van der Waals surface area contributed by atoms with Gasteiger partial charge in [0.25, 0.3) is 0 Å². The summed E-state index contributed by atoms with van der Waals surface area (Å²) in [7, 11) is 0. The summed E-state index contributed by atoms with van der Waals surface area (Å²) >= 11 is 0. The summed E-state index contributed by atoms with van der Waals surface area (Å²) in [5.41, 5.74) is 2.58. The van der Waals surface area contributed by atoms with E-state index in [0.29, 0.717) is 13.1 Å². The predicted octanol–water partition coefficient (Wildman–Crippen LogP) is 5.47. The van der Waals surface area contributed by atoms with Crippen molar-refractivity contribution < 1.29 is 14.3 Å². The number of anilines is 1. The molecule has 0 unspecified atom stereocenters. The third kappa shape index (κ3) is 4.78. The summed E-state index contributed by atoms with van der Waals surface area (Å²) < 4.78 is 11.9. The number of amides is 1. The van der Waals surface area contributed by atoms with E-state index in [1.54, 1.807) is 4.90 Å². The quantitative estimate of drug-likeness (QED) is 0.734. The highest BCUT2D eigenvalue weighted by Gasteiger charge is 2.38. The molecule has 2 aliphatic heterocycles. The maximum absolute atomic E-state index is 12.3. The Hall–Kier alpha value is -2.95. The van der Waals surface area contributed by atoms with Crippen LogP contribution in [-0.2, 0) is 11.3 Å². The lowest BCUT2D eigenvalue weighted by Gasteiger charge is -2.42. The minimum Gasteiger partial charge on any atom is -0.482 e. The third-order valence-corrected chi connectivity index (χ3v) is 5.49. The number of fused-ring (bicyclic) bond motifs is 1. The fourth-order valence-corrected chi connectivity index (χ4v) is 3.84. The third-order valence-electron chi connectivity index (χ3n) is 5.49. The van der Waals surface area contributed by atoms with Crippen LogP contribution in [0.2, 0.25) is 0 Å². The molecule has 2 aliphatic rings. The number of nitrogens with one attached hydrogen (secondary N) is 1. The SMILES string of the molecule is CC(C)(C)OC(=O)N1CCC2(C=Cc3cc(NCc4ccccc4)ccc3O2)CC1. The lowest BCUT2D eigenvalue weighted by molar-refractivity contribution is -0.00101. The average Bonchev–Trinajstić information content (AvgIpc) is 2.72. The molecule has 1 N–H and O–H groups in total. The van der Waals surface area contributed by atoms with Crippen molar-refractivity contribution in [2.45, 2.75) is 51.4 Å². The van der Waals surface area contributed by atoms with Gasteiger partial charge in [0, 0.05) is 43.7 Å². The van der Waals surface area contributed by atoms with Crippen LogP contribution in [0.5, 0.6) is 5.75 Å². The van der Waals surface area contributed by atoms with Gasteiger partial charge in [0.15, 0.2) is 0 Å². The van der Waals surface area contributed by atoms with E-state index in [-0.39, 0.29) is 11.7 Å². The van der Waals surface area contributed by atoms with Crippen LogP contribution in [0.15, 0.2) is 54.6 Å². The second kappa shape index (κ2) is 8.05. The van der Waals surface area contributed by atoms with Crippen LogP contribution in [0.4, 0.5) is 10.5 Å². The van der Waals surface area contributed by atoms with E-state index in [2.05, 4.69) is 41.7 Å². The number of carbonyl (C=O) groups excluding carboxylic acids is 1. The Balaban J connectivity index is 1.37. The predicted molar refractivity (Wildman–Crippen MR) is 120 cm³/mol. The van der Waals surface area contributed by atoms with Gasteiger partial charge in [-0.2, -0.15) is 0 Å². The Morgan fingerprint density at radius 3 is 2.57 bits per heavy atom. The fourth-order valence-electron chi connectivity index (χ4n) is 3.84. The van der Waals surface area contributed by atoms with Crippen molar-refractivity contribution in [2.24, 2.45) is 0 Å². The van der Waals surface area contributed by atoms with Gasteiger partial charge in [0.05, 0.1) is 0 Å². The molecule has 5 heteroatoms. The van der Waals surface area contributed by atoms with E-state index >= 15 is 0 Å². The molecule has 0 aliphatic carbocycles. The minimum atomic E-state index is -0.474. The standard InChI is InChI=1S/C25H30N2O3/c1-24(2,3)30-23(28)27-15-13-25(14-16-27)12-11-20-17-21(9-10-22(20)29-25)26-18-19-7-5-4-6-8-19/h4-12,17,26H,13-16,18H2,1-3H3. The fraction of sp³-hybridized carbons (Fsp3) is 0.400. The molecule has 0 bridgehead atoms. The molecule has 4 rings (SSSR count). The second-order valence-electron chi connectivity index (χ2n) is 9.06. The van der Waals surface area contributed by atoms with Crippen LogP contribution in [0.1, 0.15) is 44.7 Å². The molecule has 2 heterocycles. The van der Waals surface area contributed by atoms with Crippen molar-refractivity contribution in [3.05, 3.63) is 65.7 Å². The van der Waals surface area contributed by atoms with Crippen molar-refractivity contribution in [2.75, 3.05) is 18.4 Å². The van der Waals surface area contributed by atoms with Gasteiger partial charge in [0.1, 0.15) is 17.0 Å². The summed E-state index contributed by atoms with van der Waals surface area (Å²) in [6.07, 6.45) is 5.58. The molecule has 0 radical (unpaired) electrons. The van der Waals surface area contributed by atoms with Crippen LogP contribution in [0, 0.1) is 0 Å². The maximum Gasteiger partial charge on any atom is 0.410 e. The molecule has 158 valence electrons. The van der Waals surface area contributed by atoms with Crippen molar-refractivity contribution in [1.82, 2.24) is 4.90 Å². The number of ether oxygens (including phenoxy) is 2. The Morgan fingerprint density at radius 2 is 1.87 bits per heavy atom. The van der Waals surface area contributed by atoms with E-state index < -0.39 is 5.60 Å². The molecule has 2 aromatic carbocycles. The van der Waals surface area contributed by atoms with E-state index in [4.69, 9.17) is 9.47 Å². The first-order chi connectivity index (χ1) is 14.3. The summed E-state index contributed by atoms with van der Waals surface area (Å²) in [6.45, 7) is 7.72. The van der Waals surface area contributed by atoms with Crippen molar-refractivity contribution in [3.63, 3.8) is 0 Å². The van der Waals surface area contributed by atoms with Crippen molar-refractivity contribution in [1.29, 1.82) is 0 Å². The second-order valence-corrected chi connectivity index (χ2v) is 9.06. The molecule has 1 spiro atoms. The van der Waals surface area contributed by atoms with E-state index in [9.17, 15) is 4.79 Å². The van der Waals surface area contributed by atoms with Crippen LogP contribution in [0.3, 0.4) is 0 Å². The number of carbonyl (C=O) groups is 1. The summed E-state index contributed by atoms with van der Waals surface area (Å²) in [5.74, 6) is 0.897. The molecule has 1 amide bonds. The molecule has 1 fully saturated rings. The van der Waals surface area contributed by atoms with Crippen LogP contribution in [0.25, 0.3) is 6.08 Å². The summed E-state index contributed by atoms with van der Waals surface area (Å²) in [6, 6.07) is 16.6. The minimum absolute atomic E-state index is 0.244.